The van der Waals surface area contributed by atoms with Gasteiger partial charge >= 0.3 is 0 Å². The highest BCUT2D eigenvalue weighted by molar-refractivity contribution is 5.81. The zero-order valence-corrected chi connectivity index (χ0v) is 24.9. The predicted molar refractivity (Wildman–Crippen MR) is 152 cm³/mol. The van der Waals surface area contributed by atoms with E-state index < -0.39 is 79.4 Å². The lowest BCUT2D eigenvalue weighted by Crippen LogP contribution is -2.67. The van der Waals surface area contributed by atoms with Crippen LogP contribution in [0.4, 0.5) is 4.39 Å². The molecule has 0 radical (unpaired) electrons. The van der Waals surface area contributed by atoms with E-state index in [2.05, 4.69) is 10.6 Å². The maximum atomic E-state index is 14.2. The number of aliphatic hydroxyl groups excluding tert-OH is 4. The third-order valence-electron chi connectivity index (χ3n) is 9.03. The third-order valence-corrected chi connectivity index (χ3v) is 9.03. The lowest BCUT2D eigenvalue weighted by Gasteiger charge is -2.46. The van der Waals surface area contributed by atoms with Gasteiger partial charge in [-0.3, -0.25) is 4.79 Å². The van der Waals surface area contributed by atoms with Gasteiger partial charge in [-0.15, -0.1) is 0 Å². The summed E-state index contributed by atoms with van der Waals surface area (Å²) in [6.07, 6.45) is -7.46. The molecule has 250 valence electrons. The average Bonchev–Trinajstić information content (AvgIpc) is 3.32. The van der Waals surface area contributed by atoms with E-state index in [9.17, 15) is 29.6 Å². The largest absolute Gasteiger partial charge is 0.394 e. The molecule has 4 aliphatic rings. The van der Waals surface area contributed by atoms with E-state index >= 15 is 0 Å². The summed E-state index contributed by atoms with van der Waals surface area (Å²) in [5, 5.41) is 47.5. The number of alkyl halides is 1. The second kappa shape index (κ2) is 16.0. The van der Waals surface area contributed by atoms with E-state index in [4.69, 9.17) is 36.1 Å². The van der Waals surface area contributed by atoms with Crippen LogP contribution in [0.5, 0.6) is 0 Å². The van der Waals surface area contributed by atoms with E-state index in [1.807, 2.05) is 0 Å². The highest BCUT2D eigenvalue weighted by Crippen LogP contribution is 2.32. The predicted octanol–water partition coefficient (Wildman–Crippen LogP) is -2.54. The molecule has 0 bridgehead atoms. The summed E-state index contributed by atoms with van der Waals surface area (Å²) in [7, 11) is 0. The molecular formula is C28H52FN5O9. The molecule has 2 saturated carbocycles. The number of hydrogen-bond acceptors (Lipinski definition) is 13. The molecule has 14 nitrogen and oxygen atoms in total. The minimum Gasteiger partial charge on any atom is -0.394 e. The van der Waals surface area contributed by atoms with Crippen LogP contribution in [0.2, 0.25) is 0 Å². The summed E-state index contributed by atoms with van der Waals surface area (Å²) in [6.45, 7) is 2.85. The van der Waals surface area contributed by atoms with Crippen LogP contribution in [0.1, 0.15) is 58.3 Å². The number of amides is 1. The van der Waals surface area contributed by atoms with Gasteiger partial charge in [-0.25, -0.2) is 4.39 Å². The topological polar surface area (TPSA) is 237 Å². The van der Waals surface area contributed by atoms with Gasteiger partial charge in [-0.05, 0) is 51.0 Å². The van der Waals surface area contributed by atoms with E-state index in [1.165, 1.54) is 0 Å². The van der Waals surface area contributed by atoms with Crippen molar-refractivity contribution in [1.29, 1.82) is 0 Å². The normalized spacial score (nSPS) is 43.1. The van der Waals surface area contributed by atoms with Crippen molar-refractivity contribution in [3.05, 3.63) is 0 Å². The molecular weight excluding hydrogens is 569 g/mol. The molecule has 0 aromatic carbocycles. The first-order chi connectivity index (χ1) is 20.5. The highest BCUT2D eigenvalue weighted by atomic mass is 19.1. The van der Waals surface area contributed by atoms with Crippen molar-refractivity contribution in [2.75, 3.05) is 19.7 Å². The number of halogens is 1. The molecule has 0 spiro atoms. The number of hydrogen-bond donors (Lipinski definition) is 9. The van der Waals surface area contributed by atoms with Gasteiger partial charge in [-0.2, -0.15) is 0 Å². The molecule has 2 saturated heterocycles. The van der Waals surface area contributed by atoms with E-state index in [-0.39, 0.29) is 38.0 Å². The fourth-order valence-electron chi connectivity index (χ4n) is 6.41. The standard InChI is InChI=1S/C28H52FN5O9/c1-2-3-17(29)22(37)26(39)34-20-9-19(32)24(25(23(20)38)43-28-21(36)8-16(12-35)41-28)42-27-18(31)5-4-15(40-27)11-33-10-13-6-14(30)7-13/h13-25,27-28,33,35-38H,2-12,30-32H2,1H3,(H,34,39). The number of nitrogens with one attached hydrogen (secondary N) is 2. The number of nitrogens with two attached hydrogens (primary N) is 3. The summed E-state index contributed by atoms with van der Waals surface area (Å²) < 4.78 is 38.4. The Morgan fingerprint density at radius 1 is 0.977 bits per heavy atom. The molecule has 2 aliphatic heterocycles. The molecule has 4 rings (SSSR count). The van der Waals surface area contributed by atoms with Gasteiger partial charge < -0.3 is 67.2 Å². The quantitative estimate of drug-likeness (QED) is 0.0973. The Hall–Kier alpha value is -1.08. The summed E-state index contributed by atoms with van der Waals surface area (Å²) in [6, 6.07) is -2.05. The second-order valence-corrected chi connectivity index (χ2v) is 12.7. The van der Waals surface area contributed by atoms with Crippen molar-refractivity contribution in [2.45, 2.75) is 144 Å². The van der Waals surface area contributed by atoms with Crippen LogP contribution in [0.15, 0.2) is 0 Å². The molecule has 13 atom stereocenters. The lowest BCUT2D eigenvalue weighted by molar-refractivity contribution is -0.288. The molecule has 0 aromatic rings. The Kier molecular flexibility index (Phi) is 12.9. The number of carbonyl (C=O) groups is 1. The van der Waals surface area contributed by atoms with Crippen molar-refractivity contribution < 1.29 is 48.6 Å². The molecule has 43 heavy (non-hydrogen) atoms. The molecule has 4 fully saturated rings. The smallest absolute Gasteiger partial charge is 0.252 e. The van der Waals surface area contributed by atoms with Crippen LogP contribution in [-0.4, -0.2) is 132 Å². The van der Waals surface area contributed by atoms with Crippen molar-refractivity contribution in [1.82, 2.24) is 10.6 Å². The van der Waals surface area contributed by atoms with Gasteiger partial charge in [-0.1, -0.05) is 13.3 Å². The molecule has 12 N–H and O–H groups in total. The lowest BCUT2D eigenvalue weighted by atomic mass is 9.81. The Labute approximate surface area is 252 Å². The van der Waals surface area contributed by atoms with Crippen LogP contribution in [0, 0.1) is 5.92 Å². The summed E-state index contributed by atoms with van der Waals surface area (Å²) in [4.78, 5) is 12.6. The molecule has 2 heterocycles. The maximum absolute atomic E-state index is 14.2. The Morgan fingerprint density at radius 3 is 2.33 bits per heavy atom. The van der Waals surface area contributed by atoms with Crippen molar-refractivity contribution in [3.63, 3.8) is 0 Å². The van der Waals surface area contributed by atoms with Crippen LogP contribution in [0.25, 0.3) is 0 Å². The van der Waals surface area contributed by atoms with Crippen LogP contribution >= 0.6 is 0 Å². The molecule has 13 unspecified atom stereocenters. The van der Waals surface area contributed by atoms with Crippen LogP contribution in [0.3, 0.4) is 0 Å². The summed E-state index contributed by atoms with van der Waals surface area (Å²) in [5.41, 5.74) is 18.8. The Balaban J connectivity index is 1.43. The number of rotatable bonds is 14. The number of carbonyl (C=O) groups excluding carboxylic acids is 1. The molecule has 0 aromatic heterocycles. The first-order valence-electron chi connectivity index (χ1n) is 15.7. The molecule has 1 amide bonds. The second-order valence-electron chi connectivity index (χ2n) is 12.7. The SMILES string of the molecule is CCCC(F)C(O)C(=O)NC1CC(N)C(OC2OC(CNCC3CC(N)C3)CCC2N)C(OC2OC(CO)CC2O)C1O. The zero-order chi connectivity index (χ0) is 31.3. The Bertz CT molecular complexity index is 876. The van der Waals surface area contributed by atoms with Gasteiger partial charge in [0.1, 0.15) is 30.6 Å². The fraction of sp³-hybridized carbons (Fsp3) is 0.964. The molecule has 2 aliphatic carbocycles. The Morgan fingerprint density at radius 2 is 1.67 bits per heavy atom. The van der Waals surface area contributed by atoms with E-state index in [1.54, 1.807) is 6.92 Å². The van der Waals surface area contributed by atoms with Crippen LogP contribution in [-0.2, 0) is 23.7 Å². The molecule has 15 heteroatoms. The first kappa shape index (κ1) is 34.8. The van der Waals surface area contributed by atoms with Crippen molar-refractivity contribution in [3.8, 4) is 0 Å². The number of ether oxygens (including phenoxy) is 4. The van der Waals surface area contributed by atoms with Gasteiger partial charge in [0.15, 0.2) is 18.7 Å². The van der Waals surface area contributed by atoms with Crippen molar-refractivity contribution in [2.24, 2.45) is 23.1 Å². The minimum absolute atomic E-state index is 0.00118. The third kappa shape index (κ3) is 9.01. The average molecular weight is 622 g/mol. The monoisotopic (exact) mass is 621 g/mol. The fourth-order valence-corrected chi connectivity index (χ4v) is 6.41. The van der Waals surface area contributed by atoms with Gasteiger partial charge in [0.25, 0.3) is 5.91 Å². The highest BCUT2D eigenvalue weighted by Gasteiger charge is 2.50. The zero-order valence-electron chi connectivity index (χ0n) is 24.9. The van der Waals surface area contributed by atoms with Gasteiger partial charge in [0.2, 0.25) is 0 Å². The first-order valence-corrected chi connectivity index (χ1v) is 15.7. The van der Waals surface area contributed by atoms with Gasteiger partial charge in [0.05, 0.1) is 30.9 Å². The summed E-state index contributed by atoms with van der Waals surface area (Å²) >= 11 is 0. The van der Waals surface area contributed by atoms with E-state index in [0.29, 0.717) is 25.3 Å². The minimum atomic E-state index is -1.91. The summed E-state index contributed by atoms with van der Waals surface area (Å²) in [5.74, 6) is -0.423. The van der Waals surface area contributed by atoms with Gasteiger partial charge in [0, 0.05) is 25.0 Å². The maximum Gasteiger partial charge on any atom is 0.252 e. The van der Waals surface area contributed by atoms with Crippen LogP contribution < -0.4 is 27.8 Å². The van der Waals surface area contributed by atoms with E-state index in [0.717, 1.165) is 25.8 Å². The number of aliphatic hydroxyl groups is 4. The van der Waals surface area contributed by atoms with Crippen molar-refractivity contribution >= 4 is 5.91 Å².